The van der Waals surface area contributed by atoms with Crippen LogP contribution in [0.4, 0.5) is 17.5 Å². The van der Waals surface area contributed by atoms with Crippen molar-refractivity contribution in [3.8, 4) is 0 Å². The standard InChI is InChI=1S/C32H41BrN8O4S/c1-3-13-40-14-9-22-18-23(7-8-24(22)20-40)31(43)35-12-17-46(44,45)41-15-10-25(11-16-41)37-32-36-19-26(33)30(39-32)38-27-6-4-5-21(2)28(27)29(34)42/h4-8,18-19,25H,3,9-17,20H2,1-2H3,(H2,34,42)(H,35,43)(H2,36,37,38,39). The topological polar surface area (TPSA) is 163 Å². The molecule has 0 aliphatic carbocycles. The van der Waals surface area contributed by atoms with Gasteiger partial charge in [0.2, 0.25) is 16.0 Å². The molecule has 12 nitrogen and oxygen atoms in total. The van der Waals surface area contributed by atoms with E-state index in [0.717, 1.165) is 38.0 Å². The third kappa shape index (κ3) is 8.21. The minimum atomic E-state index is -3.54. The molecule has 2 aliphatic rings. The number of piperidine rings is 1. The van der Waals surface area contributed by atoms with E-state index in [1.807, 2.05) is 37.3 Å². The molecule has 1 aromatic heterocycles. The summed E-state index contributed by atoms with van der Waals surface area (Å²) in [5, 5.41) is 9.26. The lowest BCUT2D eigenvalue weighted by atomic mass is 9.97. The number of aromatic nitrogens is 2. The number of amides is 2. The molecule has 46 heavy (non-hydrogen) atoms. The molecular weight excluding hydrogens is 672 g/mol. The largest absolute Gasteiger partial charge is 0.366 e. The number of anilines is 3. The lowest BCUT2D eigenvalue weighted by Gasteiger charge is -2.31. The molecule has 1 fully saturated rings. The first-order valence-electron chi connectivity index (χ1n) is 15.6. The maximum atomic E-state index is 13.1. The number of hydrogen-bond donors (Lipinski definition) is 4. The average molecular weight is 714 g/mol. The summed E-state index contributed by atoms with van der Waals surface area (Å²) in [6.45, 7) is 7.68. The van der Waals surface area contributed by atoms with Gasteiger partial charge >= 0.3 is 0 Å². The third-order valence-electron chi connectivity index (χ3n) is 8.44. The number of primary amides is 1. The second-order valence-corrected chi connectivity index (χ2v) is 14.7. The number of benzene rings is 2. The Labute approximate surface area is 278 Å². The summed E-state index contributed by atoms with van der Waals surface area (Å²) in [5.41, 5.74) is 10.3. The third-order valence-corrected chi connectivity index (χ3v) is 10.9. The van der Waals surface area contributed by atoms with E-state index in [0.29, 0.717) is 59.0 Å². The molecule has 1 saturated heterocycles. The molecule has 2 aliphatic heterocycles. The number of nitrogens with one attached hydrogen (secondary N) is 3. The minimum Gasteiger partial charge on any atom is -0.366 e. The quantitative estimate of drug-likeness (QED) is 0.219. The Kier molecular flexibility index (Phi) is 10.9. The predicted molar refractivity (Wildman–Crippen MR) is 183 cm³/mol. The Morgan fingerprint density at radius 3 is 2.63 bits per heavy atom. The zero-order valence-electron chi connectivity index (χ0n) is 26.2. The molecule has 0 atom stereocenters. The van der Waals surface area contributed by atoms with E-state index >= 15 is 0 Å². The molecule has 3 heterocycles. The Balaban J connectivity index is 1.10. The van der Waals surface area contributed by atoms with Gasteiger partial charge in [-0.1, -0.05) is 25.1 Å². The van der Waals surface area contributed by atoms with Gasteiger partial charge in [0.05, 0.1) is 21.5 Å². The van der Waals surface area contributed by atoms with E-state index in [1.165, 1.54) is 15.4 Å². The number of nitrogens with two attached hydrogens (primary N) is 1. The van der Waals surface area contributed by atoms with Crippen LogP contribution in [0.1, 0.15) is 63.6 Å². The van der Waals surface area contributed by atoms with Crippen molar-refractivity contribution in [2.75, 3.05) is 49.1 Å². The van der Waals surface area contributed by atoms with Gasteiger partial charge in [0.15, 0.2) is 0 Å². The fourth-order valence-electron chi connectivity index (χ4n) is 6.00. The first-order valence-corrected chi connectivity index (χ1v) is 18.0. The fourth-order valence-corrected chi connectivity index (χ4v) is 7.67. The van der Waals surface area contributed by atoms with Gasteiger partial charge in [-0.25, -0.2) is 17.7 Å². The molecule has 0 saturated carbocycles. The van der Waals surface area contributed by atoms with Gasteiger partial charge in [-0.3, -0.25) is 14.5 Å². The number of hydrogen-bond acceptors (Lipinski definition) is 9. The molecule has 2 amide bonds. The highest BCUT2D eigenvalue weighted by atomic mass is 79.9. The van der Waals surface area contributed by atoms with Crippen LogP contribution in [0.15, 0.2) is 47.1 Å². The molecular formula is C32H41BrN8O4S. The highest BCUT2D eigenvalue weighted by Crippen LogP contribution is 2.28. The zero-order chi connectivity index (χ0) is 32.8. The Bertz CT molecular complexity index is 1700. The smallest absolute Gasteiger partial charge is 0.251 e. The Morgan fingerprint density at radius 2 is 1.89 bits per heavy atom. The van der Waals surface area contributed by atoms with Crippen molar-refractivity contribution in [1.82, 2.24) is 24.5 Å². The van der Waals surface area contributed by atoms with Gasteiger partial charge in [-0.05, 0) is 90.0 Å². The molecule has 0 unspecified atom stereocenters. The molecule has 0 spiro atoms. The van der Waals surface area contributed by atoms with Gasteiger partial charge in [-0.15, -0.1) is 0 Å². The van der Waals surface area contributed by atoms with Crippen molar-refractivity contribution >= 4 is 55.2 Å². The van der Waals surface area contributed by atoms with Gasteiger partial charge in [0.25, 0.3) is 11.8 Å². The number of rotatable bonds is 12. The summed E-state index contributed by atoms with van der Waals surface area (Å²) in [5.74, 6) is -0.120. The van der Waals surface area contributed by atoms with E-state index in [2.05, 4.69) is 53.7 Å². The number of fused-ring (bicyclic) bond motifs is 1. The summed E-state index contributed by atoms with van der Waals surface area (Å²) in [4.78, 5) is 36.2. The van der Waals surface area contributed by atoms with Crippen LogP contribution in [0, 0.1) is 6.92 Å². The second kappa shape index (κ2) is 14.9. The monoisotopic (exact) mass is 712 g/mol. The van der Waals surface area contributed by atoms with Crippen molar-refractivity contribution < 1.29 is 18.0 Å². The van der Waals surface area contributed by atoms with Crippen molar-refractivity contribution in [1.29, 1.82) is 0 Å². The van der Waals surface area contributed by atoms with Gasteiger partial charge in [-0.2, -0.15) is 4.98 Å². The molecule has 2 aromatic carbocycles. The first kappa shape index (κ1) is 33.8. The maximum Gasteiger partial charge on any atom is 0.251 e. The van der Waals surface area contributed by atoms with Crippen LogP contribution in [0.3, 0.4) is 0 Å². The lowest BCUT2D eigenvalue weighted by molar-refractivity contribution is 0.0954. The van der Waals surface area contributed by atoms with Crippen LogP contribution in [-0.4, -0.2) is 83.9 Å². The molecule has 3 aromatic rings. The highest BCUT2D eigenvalue weighted by molar-refractivity contribution is 9.10. The summed E-state index contributed by atoms with van der Waals surface area (Å²) in [6.07, 6.45) is 4.78. The summed E-state index contributed by atoms with van der Waals surface area (Å²) in [7, 11) is -3.54. The molecule has 246 valence electrons. The number of carbonyl (C=O) groups is 2. The van der Waals surface area contributed by atoms with E-state index in [-0.39, 0.29) is 24.2 Å². The van der Waals surface area contributed by atoms with Crippen LogP contribution in [0.5, 0.6) is 0 Å². The van der Waals surface area contributed by atoms with Crippen LogP contribution in [0.25, 0.3) is 0 Å². The van der Waals surface area contributed by atoms with Crippen LogP contribution < -0.4 is 21.7 Å². The maximum absolute atomic E-state index is 13.1. The SMILES string of the molecule is CCCN1CCc2cc(C(=O)NCCS(=O)(=O)N3CCC(Nc4ncc(Br)c(Nc5cccc(C)c5C(N)=O)n4)CC3)ccc2C1. The summed E-state index contributed by atoms with van der Waals surface area (Å²) in [6, 6.07) is 11.1. The summed E-state index contributed by atoms with van der Waals surface area (Å²) >= 11 is 3.45. The summed E-state index contributed by atoms with van der Waals surface area (Å²) < 4.78 is 28.2. The van der Waals surface area contributed by atoms with Gasteiger partial charge < -0.3 is 21.7 Å². The second-order valence-electron chi connectivity index (χ2n) is 11.8. The van der Waals surface area contributed by atoms with Crippen LogP contribution in [-0.2, 0) is 23.0 Å². The zero-order valence-corrected chi connectivity index (χ0v) is 28.6. The van der Waals surface area contributed by atoms with Crippen LogP contribution in [0.2, 0.25) is 0 Å². The molecule has 0 bridgehead atoms. The predicted octanol–water partition coefficient (Wildman–Crippen LogP) is 3.79. The van der Waals surface area contributed by atoms with Gasteiger partial charge in [0.1, 0.15) is 5.82 Å². The molecule has 5 N–H and O–H groups in total. The van der Waals surface area contributed by atoms with Crippen molar-refractivity contribution in [2.24, 2.45) is 5.73 Å². The van der Waals surface area contributed by atoms with E-state index in [1.54, 1.807) is 12.3 Å². The number of nitrogens with zero attached hydrogens (tertiary/aromatic N) is 4. The highest BCUT2D eigenvalue weighted by Gasteiger charge is 2.28. The number of halogens is 1. The Morgan fingerprint density at radius 1 is 1.11 bits per heavy atom. The van der Waals surface area contributed by atoms with Crippen molar-refractivity contribution in [3.63, 3.8) is 0 Å². The van der Waals surface area contributed by atoms with E-state index < -0.39 is 15.9 Å². The normalized spacial score (nSPS) is 16.1. The van der Waals surface area contributed by atoms with Crippen molar-refractivity contribution in [3.05, 3.63) is 74.9 Å². The van der Waals surface area contributed by atoms with Gasteiger partial charge in [0, 0.05) is 50.5 Å². The molecule has 5 rings (SSSR count). The lowest BCUT2D eigenvalue weighted by Crippen LogP contribution is -2.45. The van der Waals surface area contributed by atoms with Crippen molar-refractivity contribution in [2.45, 2.75) is 52.1 Å². The number of carbonyl (C=O) groups excluding carboxylic acids is 2. The minimum absolute atomic E-state index is 0.0293. The fraction of sp³-hybridized carbons (Fsp3) is 0.438. The number of sulfonamides is 1. The number of aryl methyl sites for hydroxylation is 1. The molecule has 0 radical (unpaired) electrons. The Hall–Kier alpha value is -3.59. The molecule has 14 heteroatoms. The average Bonchev–Trinajstić information content (AvgIpc) is 3.02. The van der Waals surface area contributed by atoms with E-state index in [9.17, 15) is 18.0 Å². The van der Waals surface area contributed by atoms with Crippen LogP contribution >= 0.6 is 15.9 Å². The first-order chi connectivity index (χ1) is 22.0. The van der Waals surface area contributed by atoms with E-state index in [4.69, 9.17) is 5.73 Å².